The predicted molar refractivity (Wildman–Crippen MR) is 71.0 cm³/mol. The number of H-pyrrole nitrogens is 1. The predicted octanol–water partition coefficient (Wildman–Crippen LogP) is -3.89. The van der Waals surface area contributed by atoms with E-state index in [0.717, 1.165) is 4.57 Å². The van der Waals surface area contributed by atoms with Gasteiger partial charge in [0.05, 0.1) is 12.3 Å². The number of hydrogen-bond acceptors (Lipinski definition) is 8. The number of imidazole rings is 1. The standard InChI is InChI=1S/C10H12BN5O5/c11-9-13-3-6(14-10(12)15-7(3)20)16(9)8-5(19)4(18)2(1-17)21-8/h2,4-5,8,17-19H,1H2,(H3,12,14,15,20)/t2-,4-,5-,8-/m1/s1. The molecule has 0 unspecified atom stereocenters. The molecule has 2 radical (unpaired) electrons. The number of aromatic amines is 1. The second-order valence-electron chi connectivity index (χ2n) is 4.69. The number of nitrogens with zero attached hydrogens (tertiary/aromatic N) is 3. The molecule has 6 N–H and O–H groups in total. The minimum atomic E-state index is -1.37. The molecule has 0 aromatic carbocycles. The van der Waals surface area contributed by atoms with Crippen molar-refractivity contribution in [2.45, 2.75) is 24.5 Å². The lowest BCUT2D eigenvalue weighted by atomic mass is 10.1. The highest BCUT2D eigenvalue weighted by molar-refractivity contribution is 6.30. The van der Waals surface area contributed by atoms with Gasteiger partial charge in [0.1, 0.15) is 18.3 Å². The van der Waals surface area contributed by atoms with Crippen molar-refractivity contribution < 1.29 is 20.1 Å². The molecular weight excluding hydrogens is 281 g/mol. The van der Waals surface area contributed by atoms with Gasteiger partial charge in [-0.15, -0.1) is 0 Å². The van der Waals surface area contributed by atoms with Crippen molar-refractivity contribution in [2.75, 3.05) is 12.3 Å². The van der Waals surface area contributed by atoms with Crippen molar-refractivity contribution in [3.63, 3.8) is 0 Å². The second kappa shape index (κ2) is 4.81. The van der Waals surface area contributed by atoms with E-state index in [1.165, 1.54) is 0 Å². The Morgan fingerprint density at radius 2 is 2.10 bits per heavy atom. The average molecular weight is 293 g/mol. The van der Waals surface area contributed by atoms with E-state index >= 15 is 0 Å². The summed E-state index contributed by atoms with van der Waals surface area (Å²) in [4.78, 5) is 21.8. The number of aliphatic hydroxyl groups excluding tert-OH is 3. The largest absolute Gasteiger partial charge is 0.394 e. The van der Waals surface area contributed by atoms with Crippen LogP contribution in [0.2, 0.25) is 0 Å². The Bertz CT molecular complexity index is 745. The molecule has 2 aromatic heterocycles. The van der Waals surface area contributed by atoms with Gasteiger partial charge in [0.15, 0.2) is 25.2 Å². The van der Waals surface area contributed by atoms with Gasteiger partial charge in [0.25, 0.3) is 5.56 Å². The van der Waals surface area contributed by atoms with E-state index in [1.54, 1.807) is 0 Å². The normalized spacial score (nSPS) is 29.3. The third kappa shape index (κ3) is 2.02. The van der Waals surface area contributed by atoms with Gasteiger partial charge < -0.3 is 25.8 Å². The zero-order chi connectivity index (χ0) is 15.3. The molecule has 0 bridgehead atoms. The average Bonchev–Trinajstić information content (AvgIpc) is 2.89. The van der Waals surface area contributed by atoms with Crippen molar-refractivity contribution >= 4 is 30.7 Å². The number of fused-ring (bicyclic) bond motifs is 1. The molecule has 10 nitrogen and oxygen atoms in total. The highest BCUT2D eigenvalue weighted by Gasteiger charge is 2.44. The summed E-state index contributed by atoms with van der Waals surface area (Å²) in [5.74, 6) is -0.152. The minimum Gasteiger partial charge on any atom is -0.394 e. The van der Waals surface area contributed by atoms with Gasteiger partial charge in [-0.05, 0) is 0 Å². The van der Waals surface area contributed by atoms with Crippen molar-refractivity contribution in [1.29, 1.82) is 0 Å². The van der Waals surface area contributed by atoms with Crippen molar-refractivity contribution in [3.8, 4) is 0 Å². The van der Waals surface area contributed by atoms with E-state index in [0.29, 0.717) is 0 Å². The summed E-state index contributed by atoms with van der Waals surface area (Å²) < 4.78 is 6.51. The maximum atomic E-state index is 11.7. The molecule has 1 saturated heterocycles. The fourth-order valence-corrected chi connectivity index (χ4v) is 2.36. The number of nitrogens with two attached hydrogens (primary N) is 1. The zero-order valence-corrected chi connectivity index (χ0v) is 10.7. The number of ether oxygens (including phenoxy) is 1. The minimum absolute atomic E-state index is 0.0172. The molecule has 1 fully saturated rings. The summed E-state index contributed by atoms with van der Waals surface area (Å²) in [5, 5.41) is 28.9. The molecule has 0 aliphatic carbocycles. The lowest BCUT2D eigenvalue weighted by molar-refractivity contribution is -0.0497. The quantitative estimate of drug-likeness (QED) is 0.351. The molecule has 3 heterocycles. The van der Waals surface area contributed by atoms with E-state index in [2.05, 4.69) is 15.0 Å². The highest BCUT2D eigenvalue weighted by Crippen LogP contribution is 2.30. The van der Waals surface area contributed by atoms with Gasteiger partial charge in [-0.1, -0.05) is 0 Å². The van der Waals surface area contributed by atoms with E-state index in [1.807, 2.05) is 0 Å². The number of nitrogen functional groups attached to an aromatic ring is 1. The molecule has 0 saturated carbocycles. The Balaban J connectivity index is 2.17. The topological polar surface area (TPSA) is 160 Å². The SMILES string of the molecule is [B]c1nc2c(=O)[nH]c(N)nc2n1[C@@H]1O[C@H](CO)[C@@H](O)[C@H]1O. The van der Waals surface area contributed by atoms with Crippen LogP contribution in [0.25, 0.3) is 11.2 Å². The summed E-state index contributed by atoms with van der Waals surface area (Å²) in [7, 11) is 5.73. The van der Waals surface area contributed by atoms with Gasteiger partial charge >= 0.3 is 0 Å². The van der Waals surface area contributed by atoms with Crippen LogP contribution in [0, 0.1) is 0 Å². The van der Waals surface area contributed by atoms with Gasteiger partial charge in [0, 0.05) is 0 Å². The molecular formula is C10H12BN5O5. The Hall–Kier alpha value is -1.95. The molecule has 4 atom stereocenters. The van der Waals surface area contributed by atoms with Gasteiger partial charge in [-0.3, -0.25) is 14.3 Å². The number of nitrogens with one attached hydrogen (secondary N) is 1. The van der Waals surface area contributed by atoms with Crippen LogP contribution >= 0.6 is 0 Å². The highest BCUT2D eigenvalue weighted by atomic mass is 16.6. The van der Waals surface area contributed by atoms with Crippen LogP contribution in [0.5, 0.6) is 0 Å². The Kier molecular flexibility index (Phi) is 3.21. The van der Waals surface area contributed by atoms with Crippen LogP contribution in [0.15, 0.2) is 4.79 Å². The van der Waals surface area contributed by atoms with Crippen LogP contribution < -0.4 is 17.0 Å². The third-order valence-corrected chi connectivity index (χ3v) is 3.37. The fraction of sp³-hybridized carbons (Fsp3) is 0.500. The third-order valence-electron chi connectivity index (χ3n) is 3.37. The fourth-order valence-electron chi connectivity index (χ4n) is 2.36. The Labute approximate surface area is 118 Å². The summed E-state index contributed by atoms with van der Waals surface area (Å²) in [5.41, 5.74) is 4.70. The van der Waals surface area contributed by atoms with Gasteiger partial charge in [-0.2, -0.15) is 4.98 Å². The van der Waals surface area contributed by atoms with Crippen molar-refractivity contribution in [1.82, 2.24) is 19.5 Å². The van der Waals surface area contributed by atoms with Crippen molar-refractivity contribution in [3.05, 3.63) is 10.4 Å². The monoisotopic (exact) mass is 293 g/mol. The summed E-state index contributed by atoms with van der Waals surface area (Å²) in [6.07, 6.45) is -4.81. The van der Waals surface area contributed by atoms with Crippen LogP contribution in [-0.2, 0) is 4.74 Å². The lowest BCUT2D eigenvalue weighted by Gasteiger charge is -2.18. The first kappa shape index (κ1) is 14.0. The molecule has 0 spiro atoms. The van der Waals surface area contributed by atoms with Gasteiger partial charge in [-0.25, -0.2) is 4.98 Å². The number of anilines is 1. The Morgan fingerprint density at radius 1 is 1.38 bits per heavy atom. The molecule has 2 aromatic rings. The number of rotatable bonds is 2. The molecule has 110 valence electrons. The first-order valence-corrected chi connectivity index (χ1v) is 6.09. The van der Waals surface area contributed by atoms with Crippen LogP contribution in [0.1, 0.15) is 6.23 Å². The number of aromatic nitrogens is 4. The lowest BCUT2D eigenvalue weighted by Crippen LogP contribution is -2.35. The van der Waals surface area contributed by atoms with Crippen LogP contribution in [0.3, 0.4) is 0 Å². The molecule has 11 heteroatoms. The Morgan fingerprint density at radius 3 is 2.71 bits per heavy atom. The van der Waals surface area contributed by atoms with Crippen molar-refractivity contribution in [2.24, 2.45) is 0 Å². The summed E-state index contributed by atoms with van der Waals surface area (Å²) >= 11 is 0. The van der Waals surface area contributed by atoms with E-state index in [9.17, 15) is 15.0 Å². The van der Waals surface area contributed by atoms with Gasteiger partial charge in [0.2, 0.25) is 5.95 Å². The summed E-state index contributed by atoms with van der Waals surface area (Å²) in [6.45, 7) is -0.489. The molecule has 21 heavy (non-hydrogen) atoms. The second-order valence-corrected chi connectivity index (χ2v) is 4.69. The number of hydrogen-bond donors (Lipinski definition) is 5. The van der Waals surface area contributed by atoms with E-state index in [4.69, 9.17) is 23.4 Å². The molecule has 1 aliphatic rings. The molecule has 1 aliphatic heterocycles. The molecule has 3 rings (SSSR count). The van der Waals surface area contributed by atoms with Crippen LogP contribution in [0.4, 0.5) is 5.95 Å². The summed E-state index contributed by atoms with van der Waals surface area (Å²) in [6, 6.07) is 0. The smallest absolute Gasteiger partial charge is 0.280 e. The first-order chi connectivity index (χ1) is 9.93. The first-order valence-electron chi connectivity index (χ1n) is 6.09. The van der Waals surface area contributed by atoms with E-state index in [-0.39, 0.29) is 22.8 Å². The maximum Gasteiger partial charge on any atom is 0.280 e. The van der Waals surface area contributed by atoms with Crippen LogP contribution in [-0.4, -0.2) is 67.6 Å². The maximum absolute atomic E-state index is 11.7. The zero-order valence-electron chi connectivity index (χ0n) is 10.7. The number of aliphatic hydroxyl groups is 3. The van der Waals surface area contributed by atoms with E-state index < -0.39 is 36.7 Å². The molecule has 0 amide bonds.